The Morgan fingerprint density at radius 3 is 2.55 bits per heavy atom. The number of aryl methyl sites for hydroxylation is 1. The van der Waals surface area contributed by atoms with Crippen molar-refractivity contribution in [3.8, 4) is 0 Å². The molecular formula is C25H22N2O5S. The van der Waals surface area contributed by atoms with Crippen molar-refractivity contribution in [3.05, 3.63) is 105 Å². The number of furan rings is 1. The number of carboxylic acid groups (broad SMARTS) is 1. The van der Waals surface area contributed by atoms with Crippen molar-refractivity contribution < 1.29 is 19.2 Å². The molecule has 0 aliphatic rings. The Morgan fingerprint density at radius 1 is 1.06 bits per heavy atom. The van der Waals surface area contributed by atoms with E-state index in [1.807, 2.05) is 36.4 Å². The van der Waals surface area contributed by atoms with Gasteiger partial charge in [-0.2, -0.15) is 0 Å². The monoisotopic (exact) mass is 462 g/mol. The van der Waals surface area contributed by atoms with Crippen LogP contribution >= 0.6 is 11.9 Å². The fourth-order valence-corrected chi connectivity index (χ4v) is 4.63. The first-order valence-corrected chi connectivity index (χ1v) is 11.1. The number of fused-ring (bicyclic) bond motifs is 1. The van der Waals surface area contributed by atoms with Gasteiger partial charge in [-0.15, -0.1) is 0 Å². The molecule has 0 radical (unpaired) electrons. The summed E-state index contributed by atoms with van der Waals surface area (Å²) in [6.45, 7) is 2.97. The van der Waals surface area contributed by atoms with Gasteiger partial charge in [0.15, 0.2) is 0 Å². The van der Waals surface area contributed by atoms with Crippen molar-refractivity contribution in [1.29, 1.82) is 0 Å². The molecule has 0 fully saturated rings. The van der Waals surface area contributed by atoms with E-state index in [0.29, 0.717) is 17.7 Å². The molecule has 0 spiro atoms. The number of benzene rings is 3. The second kappa shape index (κ2) is 9.89. The minimum Gasteiger partial charge on any atom is -0.475 e. The van der Waals surface area contributed by atoms with Crippen LogP contribution in [-0.2, 0) is 13.0 Å². The summed E-state index contributed by atoms with van der Waals surface area (Å²) in [4.78, 5) is 23.1. The Bertz CT molecular complexity index is 1300. The molecular weight excluding hydrogens is 440 g/mol. The third-order valence-electron chi connectivity index (χ3n) is 5.31. The predicted octanol–water partition coefficient (Wildman–Crippen LogP) is 6.10. The van der Waals surface area contributed by atoms with Gasteiger partial charge in [0.25, 0.3) is 5.69 Å². The summed E-state index contributed by atoms with van der Waals surface area (Å²) in [6, 6.07) is 22.4. The number of hydrogen-bond donors (Lipinski definition) is 1. The third kappa shape index (κ3) is 5.42. The highest BCUT2D eigenvalue weighted by atomic mass is 32.2. The Balaban J connectivity index is 1.59. The van der Waals surface area contributed by atoms with Gasteiger partial charge < -0.3 is 9.52 Å². The molecule has 1 aromatic heterocycles. The molecule has 0 aliphatic carbocycles. The van der Waals surface area contributed by atoms with Crippen LogP contribution in [0.25, 0.3) is 11.0 Å². The molecule has 0 atom stereocenters. The van der Waals surface area contributed by atoms with Crippen LogP contribution in [0.5, 0.6) is 0 Å². The smallest absolute Gasteiger partial charge is 0.372 e. The van der Waals surface area contributed by atoms with Gasteiger partial charge in [-0.05, 0) is 54.6 Å². The molecule has 8 heteroatoms. The lowest BCUT2D eigenvalue weighted by molar-refractivity contribution is -0.384. The minimum absolute atomic E-state index is 0.0512. The molecule has 0 unspecified atom stereocenters. The SMILES string of the molecule is Cc1c(C(=O)O)oc2ccc(SN(CCc3ccccc3)Cc3cccc([N+](=O)[O-])c3)cc12. The van der Waals surface area contributed by atoms with E-state index in [4.69, 9.17) is 4.42 Å². The number of nitro groups is 1. The number of nitro benzene ring substituents is 1. The Morgan fingerprint density at radius 2 is 1.82 bits per heavy atom. The second-order valence-electron chi connectivity index (χ2n) is 7.64. The molecule has 1 heterocycles. The molecule has 4 rings (SSSR count). The number of rotatable bonds is 9. The van der Waals surface area contributed by atoms with Crippen molar-refractivity contribution in [1.82, 2.24) is 4.31 Å². The first-order valence-electron chi connectivity index (χ1n) is 10.4. The Labute approximate surface area is 194 Å². The van der Waals surface area contributed by atoms with Crippen LogP contribution in [0.3, 0.4) is 0 Å². The summed E-state index contributed by atoms with van der Waals surface area (Å²) in [6.07, 6.45) is 0.818. The van der Waals surface area contributed by atoms with E-state index in [1.54, 1.807) is 25.1 Å². The number of carbonyl (C=O) groups is 1. The zero-order chi connectivity index (χ0) is 23.4. The Kier molecular flexibility index (Phi) is 6.76. The zero-order valence-electron chi connectivity index (χ0n) is 17.9. The fourth-order valence-electron chi connectivity index (χ4n) is 3.64. The van der Waals surface area contributed by atoms with Crippen molar-refractivity contribution >= 4 is 34.6 Å². The van der Waals surface area contributed by atoms with Crippen molar-refractivity contribution in [2.75, 3.05) is 6.54 Å². The van der Waals surface area contributed by atoms with Crippen LogP contribution in [0.2, 0.25) is 0 Å². The summed E-state index contributed by atoms with van der Waals surface area (Å²) in [5.74, 6) is -1.14. The molecule has 7 nitrogen and oxygen atoms in total. The molecule has 3 aromatic carbocycles. The van der Waals surface area contributed by atoms with E-state index in [2.05, 4.69) is 16.4 Å². The first-order chi connectivity index (χ1) is 15.9. The highest BCUT2D eigenvalue weighted by Crippen LogP contribution is 2.32. The Hall–Kier alpha value is -3.62. The topological polar surface area (TPSA) is 96.8 Å². The van der Waals surface area contributed by atoms with Gasteiger partial charge in [0.2, 0.25) is 5.76 Å². The van der Waals surface area contributed by atoms with Gasteiger partial charge in [-0.1, -0.05) is 42.5 Å². The zero-order valence-corrected chi connectivity index (χ0v) is 18.7. The van der Waals surface area contributed by atoms with Crippen molar-refractivity contribution in [3.63, 3.8) is 0 Å². The number of aromatic carboxylic acids is 1. The van der Waals surface area contributed by atoms with Crippen molar-refractivity contribution in [2.45, 2.75) is 24.8 Å². The standard InChI is InChI=1S/C25H22N2O5S/c1-17-22-15-21(10-11-23(22)32-24(17)25(28)29)33-26(13-12-18-6-3-2-4-7-18)16-19-8-5-9-20(14-19)27(30)31/h2-11,14-15H,12-13,16H2,1H3,(H,28,29). The lowest BCUT2D eigenvalue weighted by Crippen LogP contribution is -2.18. The number of non-ortho nitro benzene ring substituents is 1. The number of nitrogens with zero attached hydrogens (tertiary/aromatic N) is 2. The largest absolute Gasteiger partial charge is 0.475 e. The van der Waals surface area contributed by atoms with Gasteiger partial charge in [-0.25, -0.2) is 9.10 Å². The fraction of sp³-hybridized carbons (Fsp3) is 0.160. The molecule has 168 valence electrons. The lowest BCUT2D eigenvalue weighted by Gasteiger charge is -2.21. The summed E-state index contributed by atoms with van der Waals surface area (Å²) >= 11 is 1.53. The quantitative estimate of drug-likeness (QED) is 0.182. The summed E-state index contributed by atoms with van der Waals surface area (Å²) in [7, 11) is 0. The van der Waals surface area contributed by atoms with E-state index in [-0.39, 0.29) is 16.4 Å². The van der Waals surface area contributed by atoms with E-state index in [0.717, 1.165) is 28.8 Å². The molecule has 1 N–H and O–H groups in total. The van der Waals surface area contributed by atoms with Gasteiger partial charge in [-0.3, -0.25) is 10.1 Å². The number of carboxylic acids is 1. The van der Waals surface area contributed by atoms with E-state index in [9.17, 15) is 20.0 Å². The van der Waals surface area contributed by atoms with Gasteiger partial charge in [0, 0.05) is 41.1 Å². The van der Waals surface area contributed by atoms with Crippen LogP contribution in [0.4, 0.5) is 5.69 Å². The van der Waals surface area contributed by atoms with E-state index >= 15 is 0 Å². The normalized spacial score (nSPS) is 11.2. The molecule has 0 saturated carbocycles. The molecule has 0 amide bonds. The molecule has 0 aliphatic heterocycles. The highest BCUT2D eigenvalue weighted by Gasteiger charge is 2.18. The summed E-state index contributed by atoms with van der Waals surface area (Å²) in [5, 5.41) is 21.3. The van der Waals surface area contributed by atoms with Crippen LogP contribution in [0, 0.1) is 17.0 Å². The second-order valence-corrected chi connectivity index (χ2v) is 8.81. The maximum absolute atomic E-state index is 11.4. The van der Waals surface area contributed by atoms with Crippen LogP contribution in [-0.4, -0.2) is 26.8 Å². The minimum atomic E-state index is -1.09. The van der Waals surface area contributed by atoms with E-state index < -0.39 is 5.97 Å². The van der Waals surface area contributed by atoms with E-state index in [1.165, 1.54) is 23.6 Å². The van der Waals surface area contributed by atoms with Crippen LogP contribution in [0.15, 0.2) is 82.1 Å². The van der Waals surface area contributed by atoms with Gasteiger partial charge in [0.1, 0.15) is 5.58 Å². The maximum Gasteiger partial charge on any atom is 0.372 e. The maximum atomic E-state index is 11.4. The summed E-state index contributed by atoms with van der Waals surface area (Å²) < 4.78 is 7.62. The molecule has 0 saturated heterocycles. The van der Waals surface area contributed by atoms with Gasteiger partial charge in [0.05, 0.1) is 4.92 Å². The van der Waals surface area contributed by atoms with Crippen LogP contribution < -0.4 is 0 Å². The number of hydrogen-bond acceptors (Lipinski definition) is 6. The van der Waals surface area contributed by atoms with Crippen LogP contribution in [0.1, 0.15) is 27.2 Å². The molecule has 33 heavy (non-hydrogen) atoms. The average Bonchev–Trinajstić information content (AvgIpc) is 3.14. The molecule has 0 bridgehead atoms. The summed E-state index contributed by atoms with van der Waals surface area (Å²) in [5.41, 5.74) is 3.24. The first kappa shape index (κ1) is 22.6. The lowest BCUT2D eigenvalue weighted by atomic mass is 10.1. The van der Waals surface area contributed by atoms with Crippen molar-refractivity contribution in [2.24, 2.45) is 0 Å². The molecule has 4 aromatic rings. The highest BCUT2D eigenvalue weighted by molar-refractivity contribution is 7.97. The average molecular weight is 463 g/mol. The predicted molar refractivity (Wildman–Crippen MR) is 127 cm³/mol. The third-order valence-corrected chi connectivity index (χ3v) is 6.34. The van der Waals surface area contributed by atoms with Gasteiger partial charge >= 0.3 is 5.97 Å².